The van der Waals surface area contributed by atoms with Crippen LogP contribution in [0.2, 0.25) is 0 Å². The van der Waals surface area contributed by atoms with E-state index in [9.17, 15) is 23.7 Å². The van der Waals surface area contributed by atoms with Gasteiger partial charge in [-0.3, -0.25) is 15.0 Å². The molecule has 2 heterocycles. The van der Waals surface area contributed by atoms with Crippen molar-refractivity contribution in [1.29, 1.82) is 0 Å². The molecular formula is C17H18F2N4O5. The molecule has 0 saturated heterocycles. The molecule has 1 aromatic carbocycles. The van der Waals surface area contributed by atoms with Gasteiger partial charge in [0.2, 0.25) is 5.75 Å². The third-order valence-electron chi connectivity index (χ3n) is 3.82. The Labute approximate surface area is 160 Å². The van der Waals surface area contributed by atoms with Gasteiger partial charge in [-0.05, 0) is 26.8 Å². The Hall–Kier alpha value is -3.24. The number of ether oxygens (including phenoxy) is 2. The largest absolute Gasteiger partial charge is 0.444 e. The minimum atomic E-state index is -4.33. The first-order valence-corrected chi connectivity index (χ1v) is 8.23. The molecule has 1 aromatic heterocycles. The summed E-state index contributed by atoms with van der Waals surface area (Å²) < 4.78 is 43.1. The zero-order valence-corrected chi connectivity index (χ0v) is 15.3. The van der Waals surface area contributed by atoms with Gasteiger partial charge < -0.3 is 9.47 Å². The Morgan fingerprint density at radius 1 is 1.39 bits per heavy atom. The van der Waals surface area contributed by atoms with Gasteiger partial charge in [0.05, 0.1) is 29.4 Å². The molecule has 0 aliphatic carbocycles. The summed E-state index contributed by atoms with van der Waals surface area (Å²) in [7, 11) is 0. The van der Waals surface area contributed by atoms with Crippen LogP contribution in [0.5, 0.6) is 5.75 Å². The highest BCUT2D eigenvalue weighted by Gasteiger charge is 2.30. The summed E-state index contributed by atoms with van der Waals surface area (Å²) in [5.41, 5.74) is 0.209. The van der Waals surface area contributed by atoms with E-state index >= 15 is 0 Å². The normalized spacial score (nSPS) is 14.5. The Morgan fingerprint density at radius 3 is 2.68 bits per heavy atom. The zero-order valence-electron chi connectivity index (χ0n) is 16.3. The molecule has 11 heteroatoms. The van der Waals surface area contributed by atoms with Crippen LogP contribution in [0.1, 0.15) is 33.4 Å². The second-order valence-corrected chi connectivity index (χ2v) is 7.12. The predicted molar refractivity (Wildman–Crippen MR) is 92.3 cm³/mol. The molecule has 0 saturated carbocycles. The number of amides is 1. The first kappa shape index (κ1) is 18.1. The maximum absolute atomic E-state index is 12.9. The van der Waals surface area contributed by atoms with E-state index < -0.39 is 34.6 Å². The third-order valence-corrected chi connectivity index (χ3v) is 3.82. The Morgan fingerprint density at radius 2 is 2.11 bits per heavy atom. The number of alkyl halides is 2. The lowest BCUT2D eigenvalue weighted by atomic mass is 10.2. The van der Waals surface area contributed by atoms with Crippen molar-refractivity contribution in [3.8, 4) is 11.4 Å². The van der Waals surface area contributed by atoms with Crippen molar-refractivity contribution in [3.63, 3.8) is 0 Å². The highest BCUT2D eigenvalue weighted by Crippen LogP contribution is 2.32. The van der Waals surface area contributed by atoms with Gasteiger partial charge in [0.1, 0.15) is 5.60 Å². The number of hydrogen-bond donors (Lipinski definition) is 0. The summed E-state index contributed by atoms with van der Waals surface area (Å²) in [6.07, 6.45) is 1.11. The monoisotopic (exact) mass is 397 g/mol. The van der Waals surface area contributed by atoms with Crippen LogP contribution < -0.4 is 4.74 Å². The molecule has 0 fully saturated rings. The summed E-state index contributed by atoms with van der Waals surface area (Å²) in [6, 6.07) is 3.32. The van der Waals surface area contributed by atoms with Crippen molar-refractivity contribution in [1.82, 2.24) is 14.7 Å². The third kappa shape index (κ3) is 4.18. The number of carbonyl (C=O) groups excluding carboxylic acids is 1. The molecule has 150 valence electrons. The summed E-state index contributed by atoms with van der Waals surface area (Å²) in [4.78, 5) is 23.8. The maximum Gasteiger partial charge on any atom is 0.410 e. The number of carbonyl (C=O) groups is 1. The van der Waals surface area contributed by atoms with E-state index in [1.54, 1.807) is 27.0 Å². The van der Waals surface area contributed by atoms with Gasteiger partial charge in [0.25, 0.3) is 0 Å². The quantitative estimate of drug-likeness (QED) is 0.577. The highest BCUT2D eigenvalue weighted by molar-refractivity contribution is 5.69. The minimum absolute atomic E-state index is 0.207. The van der Waals surface area contributed by atoms with Crippen LogP contribution >= 0.6 is 0 Å². The molecule has 0 N–H and O–H groups in total. The molecule has 9 nitrogen and oxygen atoms in total. The first-order chi connectivity index (χ1) is 13.3. The van der Waals surface area contributed by atoms with Gasteiger partial charge >= 0.3 is 18.4 Å². The Kier molecular flexibility index (Phi) is 4.57. The number of halogens is 2. The molecule has 2 aromatic rings. The van der Waals surface area contributed by atoms with Gasteiger partial charge in [0, 0.05) is 23.9 Å². The van der Waals surface area contributed by atoms with E-state index in [0.717, 1.165) is 17.7 Å². The molecular weight excluding hydrogens is 378 g/mol. The van der Waals surface area contributed by atoms with Gasteiger partial charge in [-0.25, -0.2) is 9.48 Å². The van der Waals surface area contributed by atoms with E-state index in [1.807, 2.05) is 0 Å². The lowest BCUT2D eigenvalue weighted by Gasteiger charge is -2.24. The highest BCUT2D eigenvalue weighted by atomic mass is 19.3. The van der Waals surface area contributed by atoms with Crippen molar-refractivity contribution in [2.45, 2.75) is 46.0 Å². The number of fused-ring (bicyclic) bond motifs is 1. The van der Waals surface area contributed by atoms with Gasteiger partial charge in [-0.1, -0.05) is 0 Å². The SMILES string of the molecule is [2H]C(F)(F)Oc1cc(-n2cc3c(n2)CN(C(=O)OC(C)(C)C)C3)ccc1[N+](=O)[O-]. The fraction of sp³-hybridized carbons (Fsp3) is 0.412. The average molecular weight is 397 g/mol. The van der Waals surface area contributed by atoms with Crippen LogP contribution in [0, 0.1) is 10.1 Å². The van der Waals surface area contributed by atoms with E-state index in [-0.39, 0.29) is 18.8 Å². The van der Waals surface area contributed by atoms with Crippen LogP contribution in [0.3, 0.4) is 0 Å². The van der Waals surface area contributed by atoms with Crippen LogP contribution in [0.25, 0.3) is 5.69 Å². The molecule has 0 unspecified atom stereocenters. The summed E-state index contributed by atoms with van der Waals surface area (Å²) >= 11 is 0. The fourth-order valence-corrected chi connectivity index (χ4v) is 2.70. The number of benzene rings is 1. The number of nitro groups is 1. The molecule has 0 bridgehead atoms. The number of rotatable bonds is 4. The van der Waals surface area contributed by atoms with Gasteiger partial charge in [-0.15, -0.1) is 0 Å². The Balaban J connectivity index is 1.83. The Bertz CT molecular complexity index is 944. The number of nitro benzene ring substituents is 1. The van der Waals surface area contributed by atoms with Crippen LogP contribution in [-0.4, -0.2) is 37.9 Å². The van der Waals surface area contributed by atoms with Crippen LogP contribution in [-0.2, 0) is 17.8 Å². The van der Waals surface area contributed by atoms with Crippen molar-refractivity contribution in [2.75, 3.05) is 0 Å². The molecule has 1 amide bonds. The molecule has 3 rings (SSSR count). The summed E-state index contributed by atoms with van der Waals surface area (Å²) in [5, 5.41) is 15.3. The zero-order chi connectivity index (χ0) is 21.6. The summed E-state index contributed by atoms with van der Waals surface area (Å²) in [6.45, 7) is 1.41. The fourth-order valence-electron chi connectivity index (χ4n) is 2.70. The molecule has 0 atom stereocenters. The van der Waals surface area contributed by atoms with E-state index in [2.05, 4.69) is 9.84 Å². The number of hydrogen-bond acceptors (Lipinski definition) is 6. The second kappa shape index (κ2) is 7.06. The molecule has 28 heavy (non-hydrogen) atoms. The lowest BCUT2D eigenvalue weighted by Crippen LogP contribution is -2.33. The second-order valence-electron chi connectivity index (χ2n) is 7.12. The van der Waals surface area contributed by atoms with Gasteiger partial charge in [-0.2, -0.15) is 13.9 Å². The topological polar surface area (TPSA) is 99.7 Å². The molecule has 1 aliphatic rings. The summed E-state index contributed by atoms with van der Waals surface area (Å²) in [5.74, 6) is -0.751. The first-order valence-electron chi connectivity index (χ1n) is 8.73. The van der Waals surface area contributed by atoms with Crippen LogP contribution in [0.15, 0.2) is 24.4 Å². The molecule has 1 aliphatic heterocycles. The standard InChI is InChI=1S/C17H18F2N4O5/c1-17(2,3)28-16(24)21-7-10-8-22(20-12(10)9-21)11-4-5-13(23(25)26)14(6-11)27-15(18)19/h4-6,8,15H,7,9H2,1-3H3/i15D. The van der Waals surface area contributed by atoms with E-state index in [4.69, 9.17) is 6.11 Å². The van der Waals surface area contributed by atoms with Crippen molar-refractivity contribution >= 4 is 11.8 Å². The minimum Gasteiger partial charge on any atom is -0.444 e. The van der Waals surface area contributed by atoms with Gasteiger partial charge in [0.15, 0.2) is 1.37 Å². The van der Waals surface area contributed by atoms with E-state index in [1.165, 1.54) is 15.6 Å². The smallest absolute Gasteiger partial charge is 0.410 e. The van der Waals surface area contributed by atoms with Crippen molar-refractivity contribution in [2.24, 2.45) is 0 Å². The van der Waals surface area contributed by atoms with E-state index in [0.29, 0.717) is 5.69 Å². The molecule has 0 spiro atoms. The number of nitrogens with zero attached hydrogens (tertiary/aromatic N) is 4. The van der Waals surface area contributed by atoms with Crippen molar-refractivity contribution in [3.05, 3.63) is 45.8 Å². The lowest BCUT2D eigenvalue weighted by molar-refractivity contribution is -0.386. The maximum atomic E-state index is 12.9. The average Bonchev–Trinajstić information content (AvgIpc) is 3.10. The predicted octanol–water partition coefficient (Wildman–Crippen LogP) is 3.63. The number of aromatic nitrogens is 2. The van der Waals surface area contributed by atoms with Crippen LogP contribution in [0.4, 0.5) is 19.3 Å². The molecule has 0 radical (unpaired) electrons. The van der Waals surface area contributed by atoms with Crippen molar-refractivity contribution < 1.29 is 29.3 Å².